The monoisotopic (exact) mass is 267 g/mol. The van der Waals surface area contributed by atoms with Gasteiger partial charge in [-0.05, 0) is 31.1 Å². The standard InChI is InChI=1S/C18H21NO/c1-5-11-19-14(3)17(15(4)20)12-13(2)18(19)16-9-7-6-8-10-16/h5-10,12,15,20H,1,3,11H2,2,4H3. The van der Waals surface area contributed by atoms with E-state index in [0.29, 0.717) is 6.54 Å². The summed E-state index contributed by atoms with van der Waals surface area (Å²) in [7, 11) is 0. The van der Waals surface area contributed by atoms with Crippen LogP contribution in [0, 0.1) is 0 Å². The lowest BCUT2D eigenvalue weighted by Crippen LogP contribution is -2.28. The Hall–Kier alpha value is -2.06. The van der Waals surface area contributed by atoms with Crippen molar-refractivity contribution in [3.63, 3.8) is 0 Å². The molecule has 2 nitrogen and oxygen atoms in total. The molecule has 0 spiro atoms. The van der Waals surface area contributed by atoms with Crippen molar-refractivity contribution in [2.75, 3.05) is 6.54 Å². The molecular formula is C18H21NO. The Balaban J connectivity index is 2.57. The van der Waals surface area contributed by atoms with Crippen molar-refractivity contribution in [2.24, 2.45) is 0 Å². The van der Waals surface area contributed by atoms with Gasteiger partial charge in [0.1, 0.15) is 0 Å². The fraction of sp³-hybridized carbons (Fsp3) is 0.222. The summed E-state index contributed by atoms with van der Waals surface area (Å²) in [6, 6.07) is 10.2. The molecule has 1 aliphatic heterocycles. The first-order valence-electron chi connectivity index (χ1n) is 6.80. The molecule has 1 heterocycles. The molecule has 1 unspecified atom stereocenters. The molecule has 104 valence electrons. The van der Waals surface area contributed by atoms with Gasteiger partial charge in [-0.1, -0.05) is 43.0 Å². The summed E-state index contributed by atoms with van der Waals surface area (Å²) in [5.41, 5.74) is 5.10. The third-order valence-electron chi connectivity index (χ3n) is 3.48. The average Bonchev–Trinajstić information content (AvgIpc) is 2.43. The molecule has 0 bridgehead atoms. The molecule has 1 aromatic rings. The molecule has 1 atom stereocenters. The first kappa shape index (κ1) is 14.4. The molecule has 0 radical (unpaired) electrons. The molecule has 20 heavy (non-hydrogen) atoms. The van der Waals surface area contributed by atoms with E-state index in [9.17, 15) is 5.11 Å². The van der Waals surface area contributed by atoms with Crippen molar-refractivity contribution in [3.8, 4) is 0 Å². The lowest BCUT2D eigenvalue weighted by Gasteiger charge is -2.35. The van der Waals surface area contributed by atoms with Crippen LogP contribution in [0.3, 0.4) is 0 Å². The second-order valence-corrected chi connectivity index (χ2v) is 5.02. The topological polar surface area (TPSA) is 23.5 Å². The van der Waals surface area contributed by atoms with E-state index >= 15 is 0 Å². The van der Waals surface area contributed by atoms with Crippen LogP contribution in [0.4, 0.5) is 0 Å². The Labute approximate surface area is 121 Å². The smallest absolute Gasteiger partial charge is 0.0782 e. The Bertz CT molecular complexity index is 579. The van der Waals surface area contributed by atoms with Crippen LogP contribution in [0.15, 0.2) is 72.5 Å². The van der Waals surface area contributed by atoms with Crippen molar-refractivity contribution < 1.29 is 5.11 Å². The molecule has 2 rings (SSSR count). The highest BCUT2D eigenvalue weighted by molar-refractivity contribution is 5.74. The van der Waals surface area contributed by atoms with E-state index in [2.05, 4.69) is 37.1 Å². The minimum atomic E-state index is -0.526. The third kappa shape index (κ3) is 2.61. The number of nitrogens with zero attached hydrogens (tertiary/aromatic N) is 1. The number of rotatable bonds is 4. The highest BCUT2D eigenvalue weighted by Gasteiger charge is 2.24. The van der Waals surface area contributed by atoms with Crippen LogP contribution in [-0.4, -0.2) is 22.7 Å². The van der Waals surface area contributed by atoms with Gasteiger partial charge in [0.2, 0.25) is 0 Å². The lowest BCUT2D eigenvalue weighted by atomic mass is 9.94. The summed E-state index contributed by atoms with van der Waals surface area (Å²) in [5.74, 6) is 0. The summed E-state index contributed by atoms with van der Waals surface area (Å²) in [6.07, 6.45) is 3.35. The highest BCUT2D eigenvalue weighted by Crippen LogP contribution is 2.35. The normalized spacial score (nSPS) is 17.1. The maximum absolute atomic E-state index is 9.90. The van der Waals surface area contributed by atoms with E-state index in [4.69, 9.17) is 0 Å². The summed E-state index contributed by atoms with van der Waals surface area (Å²) in [6.45, 7) is 12.5. The minimum Gasteiger partial charge on any atom is -0.389 e. The van der Waals surface area contributed by atoms with Crippen molar-refractivity contribution in [1.29, 1.82) is 0 Å². The summed E-state index contributed by atoms with van der Waals surface area (Å²) >= 11 is 0. The number of aliphatic hydroxyl groups excluding tert-OH is 1. The Morgan fingerprint density at radius 1 is 1.30 bits per heavy atom. The van der Waals surface area contributed by atoms with Crippen LogP contribution in [-0.2, 0) is 0 Å². The summed E-state index contributed by atoms with van der Waals surface area (Å²) in [5, 5.41) is 9.90. The lowest BCUT2D eigenvalue weighted by molar-refractivity contribution is 0.228. The van der Waals surface area contributed by atoms with Crippen molar-refractivity contribution in [3.05, 3.63) is 78.0 Å². The largest absolute Gasteiger partial charge is 0.389 e. The first-order valence-corrected chi connectivity index (χ1v) is 6.80. The number of hydrogen-bond donors (Lipinski definition) is 1. The van der Waals surface area contributed by atoms with Gasteiger partial charge in [-0.3, -0.25) is 0 Å². The first-order chi connectivity index (χ1) is 9.56. The zero-order chi connectivity index (χ0) is 14.7. The van der Waals surface area contributed by atoms with Crippen LogP contribution < -0.4 is 0 Å². The molecule has 2 heteroatoms. The number of benzene rings is 1. The van der Waals surface area contributed by atoms with Gasteiger partial charge in [0.05, 0.1) is 11.8 Å². The highest BCUT2D eigenvalue weighted by atomic mass is 16.3. The quantitative estimate of drug-likeness (QED) is 0.840. The van der Waals surface area contributed by atoms with E-state index in [1.165, 1.54) is 0 Å². The van der Waals surface area contributed by atoms with Crippen LogP contribution in [0.5, 0.6) is 0 Å². The number of hydrogen-bond acceptors (Lipinski definition) is 2. The van der Waals surface area contributed by atoms with Gasteiger partial charge in [0.15, 0.2) is 0 Å². The Morgan fingerprint density at radius 3 is 2.50 bits per heavy atom. The van der Waals surface area contributed by atoms with Gasteiger partial charge in [-0.15, -0.1) is 6.58 Å². The maximum Gasteiger partial charge on any atom is 0.0782 e. The van der Waals surface area contributed by atoms with E-state index in [-0.39, 0.29) is 0 Å². The Kier molecular flexibility index (Phi) is 4.26. The minimum absolute atomic E-state index is 0.526. The van der Waals surface area contributed by atoms with E-state index in [1.807, 2.05) is 30.4 Å². The predicted octanol–water partition coefficient (Wildman–Crippen LogP) is 3.74. The third-order valence-corrected chi connectivity index (χ3v) is 3.48. The van der Waals surface area contributed by atoms with Crippen molar-refractivity contribution in [2.45, 2.75) is 20.0 Å². The van der Waals surface area contributed by atoms with Gasteiger partial charge in [-0.2, -0.15) is 0 Å². The summed E-state index contributed by atoms with van der Waals surface area (Å²) in [4.78, 5) is 2.11. The molecule has 0 saturated heterocycles. The SMILES string of the molecule is C=CCN1C(=C)C(C(C)O)=CC(C)=C1c1ccccc1. The zero-order valence-corrected chi connectivity index (χ0v) is 12.1. The van der Waals surface area contributed by atoms with E-state index in [0.717, 1.165) is 28.1 Å². The van der Waals surface area contributed by atoms with Crippen molar-refractivity contribution >= 4 is 5.70 Å². The second kappa shape index (κ2) is 5.93. The molecule has 1 N–H and O–H groups in total. The molecule has 1 aromatic carbocycles. The second-order valence-electron chi connectivity index (χ2n) is 5.02. The van der Waals surface area contributed by atoms with Gasteiger partial charge >= 0.3 is 0 Å². The predicted molar refractivity (Wildman–Crippen MR) is 84.8 cm³/mol. The van der Waals surface area contributed by atoms with Gasteiger partial charge < -0.3 is 10.0 Å². The Morgan fingerprint density at radius 2 is 1.95 bits per heavy atom. The van der Waals surface area contributed by atoms with E-state index < -0.39 is 6.10 Å². The average molecular weight is 267 g/mol. The van der Waals surface area contributed by atoms with Crippen LogP contribution in [0.2, 0.25) is 0 Å². The maximum atomic E-state index is 9.90. The van der Waals surface area contributed by atoms with Crippen molar-refractivity contribution in [1.82, 2.24) is 4.90 Å². The summed E-state index contributed by atoms with van der Waals surface area (Å²) < 4.78 is 0. The van der Waals surface area contributed by atoms with Crippen LogP contribution in [0.1, 0.15) is 19.4 Å². The number of allylic oxidation sites excluding steroid dienone is 2. The molecule has 0 aromatic heterocycles. The van der Waals surface area contributed by atoms with Gasteiger partial charge in [0, 0.05) is 17.8 Å². The molecule has 1 aliphatic rings. The zero-order valence-electron chi connectivity index (χ0n) is 12.1. The number of aliphatic hydroxyl groups is 1. The molecule has 0 aliphatic carbocycles. The molecule has 0 saturated carbocycles. The van der Waals surface area contributed by atoms with Crippen LogP contribution >= 0.6 is 0 Å². The van der Waals surface area contributed by atoms with Gasteiger partial charge in [-0.25, -0.2) is 0 Å². The van der Waals surface area contributed by atoms with Crippen LogP contribution in [0.25, 0.3) is 5.70 Å². The fourth-order valence-corrected chi connectivity index (χ4v) is 2.56. The van der Waals surface area contributed by atoms with E-state index in [1.54, 1.807) is 6.92 Å². The molecule has 0 amide bonds. The fourth-order valence-electron chi connectivity index (χ4n) is 2.56. The molecule has 0 fully saturated rings. The molecular weight excluding hydrogens is 246 g/mol. The van der Waals surface area contributed by atoms with Gasteiger partial charge in [0.25, 0.3) is 0 Å².